The molecule has 2 heteroatoms. The summed E-state index contributed by atoms with van der Waals surface area (Å²) in [5.74, 6) is 1.34. The molecule has 1 N–H and O–H groups in total. The van der Waals surface area contributed by atoms with Crippen molar-refractivity contribution in [2.75, 3.05) is 12.3 Å². The monoisotopic (exact) mass is 187 g/mol. The summed E-state index contributed by atoms with van der Waals surface area (Å²) in [5.41, 5.74) is 0. The molecule has 0 amide bonds. The second-order valence-electron chi connectivity index (χ2n) is 3.82. The minimum absolute atomic E-state index is 0.396. The SMILES string of the molecule is CCCCCC1(C)NCCCS1. The second kappa shape index (κ2) is 5.13. The summed E-state index contributed by atoms with van der Waals surface area (Å²) in [6, 6.07) is 0. The third-order valence-corrected chi connectivity index (χ3v) is 3.98. The zero-order valence-corrected chi connectivity index (χ0v) is 9.17. The molecular weight excluding hydrogens is 166 g/mol. The van der Waals surface area contributed by atoms with Crippen molar-refractivity contribution in [2.45, 2.75) is 50.8 Å². The van der Waals surface area contributed by atoms with Crippen LogP contribution in [0.4, 0.5) is 0 Å². The molecule has 0 aliphatic carbocycles. The van der Waals surface area contributed by atoms with E-state index in [-0.39, 0.29) is 0 Å². The smallest absolute Gasteiger partial charge is 0.0616 e. The summed E-state index contributed by atoms with van der Waals surface area (Å²) in [7, 11) is 0. The summed E-state index contributed by atoms with van der Waals surface area (Å²) < 4.78 is 0. The highest BCUT2D eigenvalue weighted by molar-refractivity contribution is 8.00. The third-order valence-electron chi connectivity index (χ3n) is 2.50. The van der Waals surface area contributed by atoms with Gasteiger partial charge in [0.2, 0.25) is 0 Å². The molecule has 1 nitrogen and oxygen atoms in total. The van der Waals surface area contributed by atoms with Crippen molar-refractivity contribution in [1.29, 1.82) is 0 Å². The van der Waals surface area contributed by atoms with Crippen LogP contribution in [0.3, 0.4) is 0 Å². The van der Waals surface area contributed by atoms with Gasteiger partial charge in [-0.1, -0.05) is 26.2 Å². The minimum Gasteiger partial charge on any atom is -0.303 e. The van der Waals surface area contributed by atoms with Crippen LogP contribution in [0.25, 0.3) is 0 Å². The van der Waals surface area contributed by atoms with E-state index in [1.807, 2.05) is 0 Å². The Balaban J connectivity index is 2.17. The first-order valence-electron chi connectivity index (χ1n) is 5.16. The lowest BCUT2D eigenvalue weighted by molar-refractivity contribution is 0.437. The molecule has 0 aromatic rings. The van der Waals surface area contributed by atoms with Gasteiger partial charge < -0.3 is 5.32 Å². The lowest BCUT2D eigenvalue weighted by Gasteiger charge is -2.34. The van der Waals surface area contributed by atoms with Crippen LogP contribution in [0.5, 0.6) is 0 Å². The van der Waals surface area contributed by atoms with Gasteiger partial charge in [-0.25, -0.2) is 0 Å². The summed E-state index contributed by atoms with van der Waals surface area (Å²) >= 11 is 2.10. The van der Waals surface area contributed by atoms with E-state index in [1.54, 1.807) is 0 Å². The zero-order chi connectivity index (χ0) is 8.86. The van der Waals surface area contributed by atoms with Gasteiger partial charge in [-0.15, -0.1) is 11.8 Å². The molecule has 1 saturated heterocycles. The molecular formula is C10H21NS. The minimum atomic E-state index is 0.396. The number of thioether (sulfide) groups is 1. The lowest BCUT2D eigenvalue weighted by atomic mass is 10.1. The van der Waals surface area contributed by atoms with E-state index in [1.165, 1.54) is 44.4 Å². The van der Waals surface area contributed by atoms with Crippen LogP contribution < -0.4 is 5.32 Å². The largest absolute Gasteiger partial charge is 0.303 e. The van der Waals surface area contributed by atoms with Crippen molar-refractivity contribution in [3.8, 4) is 0 Å². The van der Waals surface area contributed by atoms with Crippen LogP contribution in [0.1, 0.15) is 46.0 Å². The topological polar surface area (TPSA) is 12.0 Å². The van der Waals surface area contributed by atoms with Crippen LogP contribution in [0.2, 0.25) is 0 Å². The molecule has 1 aliphatic heterocycles. The molecule has 0 saturated carbocycles. The normalized spacial score (nSPS) is 30.5. The van der Waals surface area contributed by atoms with Gasteiger partial charge in [-0.3, -0.25) is 0 Å². The molecule has 1 heterocycles. The van der Waals surface area contributed by atoms with Crippen LogP contribution in [-0.4, -0.2) is 17.2 Å². The molecule has 72 valence electrons. The second-order valence-corrected chi connectivity index (χ2v) is 5.41. The first-order valence-corrected chi connectivity index (χ1v) is 6.14. The number of rotatable bonds is 4. The average molecular weight is 187 g/mol. The van der Waals surface area contributed by atoms with Crippen LogP contribution in [0.15, 0.2) is 0 Å². The maximum absolute atomic E-state index is 3.62. The Morgan fingerprint density at radius 1 is 1.42 bits per heavy atom. The van der Waals surface area contributed by atoms with Crippen molar-refractivity contribution in [3.05, 3.63) is 0 Å². The van der Waals surface area contributed by atoms with Gasteiger partial charge in [-0.2, -0.15) is 0 Å². The predicted molar refractivity (Wildman–Crippen MR) is 57.6 cm³/mol. The van der Waals surface area contributed by atoms with Crippen molar-refractivity contribution < 1.29 is 0 Å². The number of hydrogen-bond donors (Lipinski definition) is 1. The van der Waals surface area contributed by atoms with E-state index in [0.717, 1.165) is 0 Å². The highest BCUT2D eigenvalue weighted by Crippen LogP contribution is 2.31. The van der Waals surface area contributed by atoms with Gasteiger partial charge in [0.25, 0.3) is 0 Å². The average Bonchev–Trinajstić information content (AvgIpc) is 2.06. The van der Waals surface area contributed by atoms with Gasteiger partial charge in [0, 0.05) is 0 Å². The molecule has 0 bridgehead atoms. The molecule has 0 aromatic carbocycles. The van der Waals surface area contributed by atoms with E-state index in [0.29, 0.717) is 4.87 Å². The number of unbranched alkanes of at least 4 members (excludes halogenated alkanes) is 2. The van der Waals surface area contributed by atoms with E-state index in [2.05, 4.69) is 30.9 Å². The molecule has 1 aliphatic rings. The van der Waals surface area contributed by atoms with Crippen molar-refractivity contribution >= 4 is 11.8 Å². The number of hydrogen-bond acceptors (Lipinski definition) is 2. The van der Waals surface area contributed by atoms with E-state index in [9.17, 15) is 0 Å². The Labute approximate surface area is 80.7 Å². The molecule has 1 atom stereocenters. The summed E-state index contributed by atoms with van der Waals surface area (Å²) in [6.07, 6.45) is 6.78. The summed E-state index contributed by atoms with van der Waals surface area (Å²) in [5, 5.41) is 3.62. The van der Waals surface area contributed by atoms with Crippen LogP contribution in [-0.2, 0) is 0 Å². The fourth-order valence-electron chi connectivity index (χ4n) is 1.65. The lowest BCUT2D eigenvalue weighted by Crippen LogP contribution is -2.43. The standard InChI is InChI=1S/C10H21NS/c1-3-4-5-7-10(2)11-8-6-9-12-10/h11H,3-9H2,1-2H3. The molecule has 0 aromatic heterocycles. The highest BCUT2D eigenvalue weighted by Gasteiger charge is 2.25. The molecule has 0 radical (unpaired) electrons. The molecule has 12 heavy (non-hydrogen) atoms. The Morgan fingerprint density at radius 2 is 2.25 bits per heavy atom. The van der Waals surface area contributed by atoms with Gasteiger partial charge >= 0.3 is 0 Å². The van der Waals surface area contributed by atoms with Crippen LogP contribution >= 0.6 is 11.8 Å². The Kier molecular flexibility index (Phi) is 4.44. The van der Waals surface area contributed by atoms with Gasteiger partial charge in [0.1, 0.15) is 0 Å². The summed E-state index contributed by atoms with van der Waals surface area (Å²) in [6.45, 7) is 5.84. The van der Waals surface area contributed by atoms with Gasteiger partial charge in [0.15, 0.2) is 0 Å². The number of nitrogens with one attached hydrogen (secondary N) is 1. The highest BCUT2D eigenvalue weighted by atomic mass is 32.2. The first kappa shape index (κ1) is 10.4. The Hall–Kier alpha value is 0.310. The Bertz CT molecular complexity index is 119. The third kappa shape index (κ3) is 3.36. The van der Waals surface area contributed by atoms with E-state index >= 15 is 0 Å². The predicted octanol–water partition coefficient (Wildman–Crippen LogP) is 3.01. The maximum atomic E-state index is 3.62. The molecule has 1 unspecified atom stereocenters. The Morgan fingerprint density at radius 3 is 2.83 bits per heavy atom. The fraction of sp³-hybridized carbons (Fsp3) is 1.00. The van der Waals surface area contributed by atoms with Gasteiger partial charge in [-0.05, 0) is 32.1 Å². The maximum Gasteiger partial charge on any atom is 0.0616 e. The van der Waals surface area contributed by atoms with Gasteiger partial charge in [0.05, 0.1) is 4.87 Å². The van der Waals surface area contributed by atoms with Crippen molar-refractivity contribution in [1.82, 2.24) is 5.32 Å². The van der Waals surface area contributed by atoms with Crippen LogP contribution in [0, 0.1) is 0 Å². The zero-order valence-electron chi connectivity index (χ0n) is 8.36. The van der Waals surface area contributed by atoms with Crippen molar-refractivity contribution in [3.63, 3.8) is 0 Å². The molecule has 1 rings (SSSR count). The molecule has 1 fully saturated rings. The van der Waals surface area contributed by atoms with Crippen molar-refractivity contribution in [2.24, 2.45) is 0 Å². The fourth-order valence-corrected chi connectivity index (χ4v) is 2.88. The first-order chi connectivity index (χ1) is 5.77. The van der Waals surface area contributed by atoms with E-state index in [4.69, 9.17) is 0 Å². The van der Waals surface area contributed by atoms with E-state index < -0.39 is 0 Å². The summed E-state index contributed by atoms with van der Waals surface area (Å²) in [4.78, 5) is 0.396. The quantitative estimate of drug-likeness (QED) is 0.679. The molecule has 0 spiro atoms.